The van der Waals surface area contributed by atoms with Gasteiger partial charge in [0.05, 0.1) is 0 Å². The Bertz CT molecular complexity index is 432. The molecule has 0 spiro atoms. The van der Waals surface area contributed by atoms with Crippen LogP contribution >= 0.6 is 11.6 Å². The fourth-order valence-corrected chi connectivity index (χ4v) is 2.07. The summed E-state index contributed by atoms with van der Waals surface area (Å²) in [5, 5.41) is 4.49. The average molecular weight is 295 g/mol. The van der Waals surface area contributed by atoms with Crippen molar-refractivity contribution in [3.63, 3.8) is 0 Å². The van der Waals surface area contributed by atoms with Crippen molar-refractivity contribution in [2.24, 2.45) is 5.10 Å². The normalized spacial score (nSPS) is 10.9. The summed E-state index contributed by atoms with van der Waals surface area (Å²) < 4.78 is 0. The van der Waals surface area contributed by atoms with E-state index in [-0.39, 0.29) is 5.91 Å². The Balaban J connectivity index is 2.13. The highest BCUT2D eigenvalue weighted by Crippen LogP contribution is 2.10. The fraction of sp³-hybridized carbons (Fsp3) is 0.500. The monoisotopic (exact) mass is 294 g/mol. The first-order chi connectivity index (χ1) is 9.74. The quantitative estimate of drug-likeness (QED) is 0.396. The molecule has 1 aromatic rings. The molecular formula is C16H23ClN2O. The summed E-state index contributed by atoms with van der Waals surface area (Å²) in [7, 11) is 0. The number of unbranched alkanes of at least 4 members (excludes halogenated alkanes) is 6. The molecule has 0 aromatic heterocycles. The average Bonchev–Trinajstić information content (AvgIpc) is 2.45. The third-order valence-corrected chi connectivity index (χ3v) is 3.27. The smallest absolute Gasteiger partial charge is 0.267 e. The Morgan fingerprint density at radius 2 is 2.00 bits per heavy atom. The molecule has 0 fully saturated rings. The minimum absolute atomic E-state index is 0.230. The van der Waals surface area contributed by atoms with E-state index < -0.39 is 0 Å². The number of halogens is 1. The van der Waals surface area contributed by atoms with Crippen LogP contribution in [0.15, 0.2) is 29.4 Å². The molecule has 0 unspecified atom stereocenters. The van der Waals surface area contributed by atoms with E-state index in [4.69, 9.17) is 11.6 Å². The highest BCUT2D eigenvalue weighted by molar-refractivity contribution is 6.30. The van der Waals surface area contributed by atoms with Gasteiger partial charge >= 0.3 is 0 Å². The molecule has 3 nitrogen and oxygen atoms in total. The van der Waals surface area contributed by atoms with Crippen molar-refractivity contribution in [3.8, 4) is 0 Å². The van der Waals surface area contributed by atoms with E-state index in [1.807, 2.05) is 0 Å². The largest absolute Gasteiger partial charge is 0.271 e. The maximum Gasteiger partial charge on any atom is 0.271 e. The molecule has 1 rings (SSSR count). The van der Waals surface area contributed by atoms with Gasteiger partial charge in [-0.05, 0) is 31.0 Å². The number of benzene rings is 1. The van der Waals surface area contributed by atoms with Crippen LogP contribution in [0.5, 0.6) is 0 Å². The lowest BCUT2D eigenvalue weighted by atomic mass is 10.1. The molecule has 1 amide bonds. The predicted molar refractivity (Wildman–Crippen MR) is 85.4 cm³/mol. The zero-order valence-electron chi connectivity index (χ0n) is 12.1. The van der Waals surface area contributed by atoms with Gasteiger partial charge in [0, 0.05) is 16.8 Å². The second kappa shape index (κ2) is 10.4. The molecule has 0 heterocycles. The minimum Gasteiger partial charge on any atom is -0.267 e. The van der Waals surface area contributed by atoms with Gasteiger partial charge in [0.2, 0.25) is 0 Å². The van der Waals surface area contributed by atoms with Gasteiger partial charge in [-0.3, -0.25) is 4.79 Å². The van der Waals surface area contributed by atoms with E-state index in [9.17, 15) is 4.79 Å². The number of carbonyl (C=O) groups excluding carboxylic acids is 1. The summed E-state index contributed by atoms with van der Waals surface area (Å²) in [4.78, 5) is 11.7. The van der Waals surface area contributed by atoms with Crippen molar-refractivity contribution in [2.45, 2.75) is 51.9 Å². The highest BCUT2D eigenvalue weighted by atomic mass is 35.5. The number of rotatable bonds is 9. The number of nitrogens with zero attached hydrogens (tertiary/aromatic N) is 1. The van der Waals surface area contributed by atoms with Crippen LogP contribution in [0.1, 0.15) is 62.2 Å². The maximum absolute atomic E-state index is 11.7. The zero-order chi connectivity index (χ0) is 14.6. The Morgan fingerprint density at radius 1 is 1.25 bits per heavy atom. The number of nitrogens with one attached hydrogen (secondary N) is 1. The second-order valence-corrected chi connectivity index (χ2v) is 5.26. The number of hydrogen-bond donors (Lipinski definition) is 1. The van der Waals surface area contributed by atoms with Crippen LogP contribution in [0.3, 0.4) is 0 Å². The second-order valence-electron chi connectivity index (χ2n) is 4.82. The Morgan fingerprint density at radius 3 is 2.75 bits per heavy atom. The van der Waals surface area contributed by atoms with Crippen LogP contribution in [0.25, 0.3) is 0 Å². The Kier molecular flexibility index (Phi) is 8.72. The van der Waals surface area contributed by atoms with Gasteiger partial charge in [0.1, 0.15) is 0 Å². The van der Waals surface area contributed by atoms with E-state index in [1.54, 1.807) is 30.5 Å². The molecular weight excluding hydrogens is 272 g/mol. The van der Waals surface area contributed by atoms with Crippen molar-refractivity contribution < 1.29 is 4.79 Å². The molecule has 0 aliphatic heterocycles. The van der Waals surface area contributed by atoms with E-state index >= 15 is 0 Å². The SMILES string of the molecule is CCCCCCCC/C=N/NC(=O)c1cccc(Cl)c1. The molecule has 0 saturated carbocycles. The van der Waals surface area contributed by atoms with Crippen LogP contribution in [-0.4, -0.2) is 12.1 Å². The summed E-state index contributed by atoms with van der Waals surface area (Å²) >= 11 is 5.83. The highest BCUT2D eigenvalue weighted by Gasteiger charge is 2.03. The molecule has 0 atom stereocenters. The summed E-state index contributed by atoms with van der Waals surface area (Å²) in [5.41, 5.74) is 3.03. The molecule has 0 radical (unpaired) electrons. The number of amides is 1. The molecule has 0 bridgehead atoms. The van der Waals surface area contributed by atoms with E-state index in [1.165, 1.54) is 32.1 Å². The summed E-state index contributed by atoms with van der Waals surface area (Å²) in [6.07, 6.45) is 10.2. The van der Waals surface area contributed by atoms with Crippen LogP contribution in [-0.2, 0) is 0 Å². The number of hydrazone groups is 1. The summed E-state index contributed by atoms with van der Waals surface area (Å²) in [6.45, 7) is 2.22. The van der Waals surface area contributed by atoms with E-state index in [0.29, 0.717) is 10.6 Å². The first-order valence-corrected chi connectivity index (χ1v) is 7.69. The molecule has 1 N–H and O–H groups in total. The van der Waals surface area contributed by atoms with Crippen molar-refractivity contribution in [2.75, 3.05) is 0 Å². The lowest BCUT2D eigenvalue weighted by Crippen LogP contribution is -2.17. The fourth-order valence-electron chi connectivity index (χ4n) is 1.88. The van der Waals surface area contributed by atoms with Gasteiger partial charge in [-0.1, -0.05) is 56.7 Å². The molecule has 20 heavy (non-hydrogen) atoms. The number of hydrogen-bond acceptors (Lipinski definition) is 2. The topological polar surface area (TPSA) is 41.5 Å². The van der Waals surface area contributed by atoms with Gasteiger partial charge in [0.25, 0.3) is 5.91 Å². The standard InChI is InChI=1S/C16H23ClN2O/c1-2-3-4-5-6-7-8-12-18-19-16(20)14-10-9-11-15(17)13-14/h9-13H,2-8H2,1H3,(H,19,20)/b18-12+. The van der Waals surface area contributed by atoms with Gasteiger partial charge in [-0.15, -0.1) is 0 Å². The van der Waals surface area contributed by atoms with Crippen LogP contribution < -0.4 is 5.43 Å². The van der Waals surface area contributed by atoms with Crippen molar-refractivity contribution >= 4 is 23.7 Å². The van der Waals surface area contributed by atoms with Gasteiger partial charge in [0.15, 0.2) is 0 Å². The van der Waals surface area contributed by atoms with E-state index in [2.05, 4.69) is 17.5 Å². The molecule has 0 aliphatic carbocycles. The lowest BCUT2D eigenvalue weighted by molar-refractivity contribution is 0.0955. The maximum atomic E-state index is 11.7. The lowest BCUT2D eigenvalue weighted by Gasteiger charge is -2.00. The van der Waals surface area contributed by atoms with Crippen LogP contribution in [0.2, 0.25) is 5.02 Å². The Hall–Kier alpha value is -1.35. The zero-order valence-corrected chi connectivity index (χ0v) is 12.8. The first kappa shape index (κ1) is 16.7. The minimum atomic E-state index is -0.230. The summed E-state index contributed by atoms with van der Waals surface area (Å²) in [5.74, 6) is -0.230. The van der Waals surface area contributed by atoms with Crippen molar-refractivity contribution in [3.05, 3.63) is 34.9 Å². The number of carbonyl (C=O) groups is 1. The predicted octanol–water partition coefficient (Wildman–Crippen LogP) is 4.81. The van der Waals surface area contributed by atoms with Gasteiger partial charge in [-0.25, -0.2) is 5.43 Å². The molecule has 1 aromatic carbocycles. The van der Waals surface area contributed by atoms with Gasteiger partial charge in [-0.2, -0.15) is 5.10 Å². The first-order valence-electron chi connectivity index (χ1n) is 7.31. The molecule has 110 valence electrons. The van der Waals surface area contributed by atoms with Gasteiger partial charge < -0.3 is 0 Å². The third-order valence-electron chi connectivity index (χ3n) is 3.03. The molecule has 0 saturated heterocycles. The van der Waals surface area contributed by atoms with Crippen LogP contribution in [0, 0.1) is 0 Å². The third kappa shape index (κ3) is 7.29. The molecule has 0 aliphatic rings. The Labute approximate surface area is 126 Å². The van der Waals surface area contributed by atoms with Crippen molar-refractivity contribution in [1.29, 1.82) is 0 Å². The van der Waals surface area contributed by atoms with E-state index in [0.717, 1.165) is 12.8 Å². The summed E-state index contributed by atoms with van der Waals surface area (Å²) in [6, 6.07) is 6.82. The van der Waals surface area contributed by atoms with Crippen molar-refractivity contribution in [1.82, 2.24) is 5.43 Å². The van der Waals surface area contributed by atoms with Crippen LogP contribution in [0.4, 0.5) is 0 Å². The molecule has 4 heteroatoms.